The van der Waals surface area contributed by atoms with Gasteiger partial charge in [0, 0.05) is 23.7 Å². The smallest absolute Gasteiger partial charge is 0.348 e. The first-order valence-electron chi connectivity index (χ1n) is 6.73. The number of alkyl halides is 3. The van der Waals surface area contributed by atoms with Gasteiger partial charge in [0.1, 0.15) is 5.82 Å². The molecule has 0 spiro atoms. The fourth-order valence-corrected chi connectivity index (χ4v) is 2.45. The number of nitrogens with one attached hydrogen (secondary N) is 1. The number of rotatable bonds is 3. The summed E-state index contributed by atoms with van der Waals surface area (Å²) in [5, 5.41) is 0. The monoisotopic (exact) mass is 321 g/mol. The molecule has 0 saturated heterocycles. The molecule has 0 amide bonds. The van der Waals surface area contributed by atoms with Gasteiger partial charge >= 0.3 is 6.18 Å². The molecule has 23 heavy (non-hydrogen) atoms. The largest absolute Gasteiger partial charge is 0.419 e. The lowest BCUT2D eigenvalue weighted by Gasteiger charge is -2.18. The number of benzene rings is 1. The van der Waals surface area contributed by atoms with Crippen molar-refractivity contribution in [2.75, 3.05) is 0 Å². The third kappa shape index (κ3) is 2.94. The van der Waals surface area contributed by atoms with Crippen LogP contribution in [0.1, 0.15) is 28.4 Å². The zero-order valence-corrected chi connectivity index (χ0v) is 11.7. The van der Waals surface area contributed by atoms with Crippen molar-refractivity contribution < 1.29 is 17.6 Å². The second-order valence-corrected chi connectivity index (χ2v) is 4.90. The number of aromatic nitrogens is 3. The van der Waals surface area contributed by atoms with Crippen LogP contribution in [-0.2, 0) is 6.18 Å². The van der Waals surface area contributed by atoms with E-state index in [1.54, 1.807) is 18.2 Å². The van der Waals surface area contributed by atoms with Crippen LogP contribution in [0, 0.1) is 5.82 Å². The van der Waals surface area contributed by atoms with Gasteiger partial charge in [-0.25, -0.2) is 9.37 Å². The highest BCUT2D eigenvalue weighted by Gasteiger charge is 2.36. The van der Waals surface area contributed by atoms with E-state index < -0.39 is 23.5 Å². The standard InChI is InChI=1S/C16H11F4N3/c17-15-10(4-3-5-11(15)16(18,19)20)14(13-8-21-9-23-13)12-6-1-2-7-22-12/h1-9,14H,(H,21,23). The van der Waals surface area contributed by atoms with Crippen molar-refractivity contribution in [3.8, 4) is 0 Å². The summed E-state index contributed by atoms with van der Waals surface area (Å²) < 4.78 is 53.4. The van der Waals surface area contributed by atoms with Gasteiger partial charge < -0.3 is 4.98 Å². The Kier molecular flexibility index (Phi) is 3.85. The average Bonchev–Trinajstić information content (AvgIpc) is 3.03. The lowest BCUT2D eigenvalue weighted by molar-refractivity contribution is -0.140. The second-order valence-electron chi connectivity index (χ2n) is 4.90. The molecular formula is C16H11F4N3. The molecule has 3 aromatic rings. The summed E-state index contributed by atoms with van der Waals surface area (Å²) >= 11 is 0. The molecule has 0 aliphatic carbocycles. The minimum Gasteiger partial charge on any atom is -0.348 e. The Balaban J connectivity index is 2.20. The van der Waals surface area contributed by atoms with Gasteiger partial charge in [0.05, 0.1) is 23.5 Å². The molecule has 3 nitrogen and oxygen atoms in total. The molecule has 1 N–H and O–H groups in total. The molecule has 3 rings (SSSR count). The summed E-state index contributed by atoms with van der Waals surface area (Å²) in [5.41, 5.74) is -0.518. The highest BCUT2D eigenvalue weighted by Crippen LogP contribution is 2.37. The van der Waals surface area contributed by atoms with Crippen LogP contribution in [0.15, 0.2) is 55.1 Å². The molecule has 2 heterocycles. The molecular weight excluding hydrogens is 310 g/mol. The first-order valence-corrected chi connectivity index (χ1v) is 6.73. The van der Waals surface area contributed by atoms with Crippen LogP contribution >= 0.6 is 0 Å². The maximum Gasteiger partial charge on any atom is 0.419 e. The molecule has 0 aliphatic heterocycles. The quantitative estimate of drug-likeness (QED) is 0.737. The number of hydrogen-bond acceptors (Lipinski definition) is 2. The van der Waals surface area contributed by atoms with E-state index >= 15 is 0 Å². The Bertz CT molecular complexity index is 783. The lowest BCUT2D eigenvalue weighted by atomic mass is 9.90. The lowest BCUT2D eigenvalue weighted by Crippen LogP contribution is -2.14. The number of pyridine rings is 1. The first-order chi connectivity index (χ1) is 11.0. The molecule has 0 aliphatic rings. The van der Waals surface area contributed by atoms with Crippen LogP contribution in [-0.4, -0.2) is 15.0 Å². The highest BCUT2D eigenvalue weighted by atomic mass is 19.4. The summed E-state index contributed by atoms with van der Waals surface area (Å²) in [6.45, 7) is 0. The van der Waals surface area contributed by atoms with Gasteiger partial charge in [-0.15, -0.1) is 0 Å². The number of aromatic amines is 1. The van der Waals surface area contributed by atoms with E-state index in [2.05, 4.69) is 15.0 Å². The Morgan fingerprint density at radius 1 is 1.04 bits per heavy atom. The van der Waals surface area contributed by atoms with Crippen molar-refractivity contribution in [2.45, 2.75) is 12.1 Å². The van der Waals surface area contributed by atoms with Crippen molar-refractivity contribution >= 4 is 0 Å². The Hall–Kier alpha value is -2.70. The van der Waals surface area contributed by atoms with E-state index in [-0.39, 0.29) is 5.56 Å². The van der Waals surface area contributed by atoms with Crippen molar-refractivity contribution in [1.29, 1.82) is 0 Å². The normalized spacial score (nSPS) is 13.0. The molecule has 7 heteroatoms. The van der Waals surface area contributed by atoms with Gasteiger partial charge in [0.15, 0.2) is 0 Å². The predicted molar refractivity (Wildman–Crippen MR) is 75.2 cm³/mol. The third-order valence-corrected chi connectivity index (χ3v) is 3.46. The Morgan fingerprint density at radius 2 is 1.87 bits per heavy atom. The fourth-order valence-electron chi connectivity index (χ4n) is 2.45. The molecule has 0 bridgehead atoms. The van der Waals surface area contributed by atoms with E-state index in [4.69, 9.17) is 0 Å². The summed E-state index contributed by atoms with van der Waals surface area (Å²) in [4.78, 5) is 10.8. The minimum atomic E-state index is -4.76. The van der Waals surface area contributed by atoms with Crippen LogP contribution < -0.4 is 0 Å². The van der Waals surface area contributed by atoms with Gasteiger partial charge in [-0.3, -0.25) is 4.98 Å². The van der Waals surface area contributed by atoms with Gasteiger partial charge in [-0.1, -0.05) is 18.2 Å². The van der Waals surface area contributed by atoms with E-state index in [1.807, 2.05) is 0 Å². The van der Waals surface area contributed by atoms with Crippen LogP contribution in [0.5, 0.6) is 0 Å². The van der Waals surface area contributed by atoms with Crippen molar-refractivity contribution in [1.82, 2.24) is 15.0 Å². The summed E-state index contributed by atoms with van der Waals surface area (Å²) in [7, 11) is 0. The van der Waals surface area contributed by atoms with Crippen molar-refractivity contribution in [2.24, 2.45) is 0 Å². The maximum atomic E-state index is 14.5. The zero-order valence-electron chi connectivity index (χ0n) is 11.7. The number of nitrogens with zero attached hydrogens (tertiary/aromatic N) is 2. The molecule has 0 saturated carbocycles. The number of H-pyrrole nitrogens is 1. The molecule has 1 aromatic carbocycles. The Labute approximate surface area is 129 Å². The number of imidazole rings is 1. The third-order valence-electron chi connectivity index (χ3n) is 3.46. The molecule has 1 atom stereocenters. The van der Waals surface area contributed by atoms with Gasteiger partial charge in [-0.05, 0) is 18.2 Å². The summed E-state index contributed by atoms with van der Waals surface area (Å²) in [6.07, 6.45) is -0.428. The first kappa shape index (κ1) is 15.2. The molecule has 1 unspecified atom stereocenters. The molecule has 0 radical (unpaired) electrons. The maximum absolute atomic E-state index is 14.5. The predicted octanol–water partition coefficient (Wildman–Crippen LogP) is 4.14. The van der Waals surface area contributed by atoms with Gasteiger partial charge in [-0.2, -0.15) is 13.2 Å². The number of halogens is 4. The van der Waals surface area contributed by atoms with Gasteiger partial charge in [0.2, 0.25) is 0 Å². The van der Waals surface area contributed by atoms with Crippen molar-refractivity contribution in [3.05, 3.63) is 83.5 Å². The fraction of sp³-hybridized carbons (Fsp3) is 0.125. The average molecular weight is 321 g/mol. The molecule has 0 fully saturated rings. The highest BCUT2D eigenvalue weighted by molar-refractivity contribution is 5.40. The van der Waals surface area contributed by atoms with Crippen molar-refractivity contribution in [3.63, 3.8) is 0 Å². The second kappa shape index (κ2) is 5.83. The summed E-state index contributed by atoms with van der Waals surface area (Å²) in [5.74, 6) is -2.11. The Morgan fingerprint density at radius 3 is 2.48 bits per heavy atom. The summed E-state index contributed by atoms with van der Waals surface area (Å²) in [6, 6.07) is 8.23. The van der Waals surface area contributed by atoms with Crippen LogP contribution in [0.25, 0.3) is 0 Å². The van der Waals surface area contributed by atoms with Crippen LogP contribution in [0.3, 0.4) is 0 Å². The zero-order chi connectivity index (χ0) is 16.4. The van der Waals surface area contributed by atoms with E-state index in [0.29, 0.717) is 11.4 Å². The van der Waals surface area contributed by atoms with Crippen LogP contribution in [0.4, 0.5) is 17.6 Å². The topological polar surface area (TPSA) is 41.6 Å². The van der Waals surface area contributed by atoms with E-state index in [1.165, 1.54) is 30.9 Å². The van der Waals surface area contributed by atoms with Gasteiger partial charge in [0.25, 0.3) is 0 Å². The van der Waals surface area contributed by atoms with Crippen LogP contribution in [0.2, 0.25) is 0 Å². The van der Waals surface area contributed by atoms with E-state index in [9.17, 15) is 17.6 Å². The van der Waals surface area contributed by atoms with E-state index in [0.717, 1.165) is 6.07 Å². The minimum absolute atomic E-state index is 0.109. The molecule has 118 valence electrons. The SMILES string of the molecule is Fc1c(C(c2ccccn2)c2cnc[nH]2)cccc1C(F)(F)F. The molecule has 2 aromatic heterocycles. The number of hydrogen-bond donors (Lipinski definition) is 1.